The van der Waals surface area contributed by atoms with Crippen molar-refractivity contribution in [2.75, 3.05) is 7.11 Å². The van der Waals surface area contributed by atoms with Gasteiger partial charge in [0.25, 0.3) is 0 Å². The first-order valence-corrected chi connectivity index (χ1v) is 5.91. The number of imidazole rings is 1. The van der Waals surface area contributed by atoms with Crippen LogP contribution in [0.1, 0.15) is 24.9 Å². The Morgan fingerprint density at radius 1 is 1.29 bits per heavy atom. The maximum Gasteiger partial charge on any atom is 0.244 e. The van der Waals surface area contributed by atoms with E-state index in [2.05, 4.69) is 46.9 Å². The van der Waals surface area contributed by atoms with Crippen LogP contribution in [0.5, 0.6) is 5.75 Å². The molecule has 1 aromatic carbocycles. The molecule has 1 aromatic heterocycles. The number of aryl methyl sites for hydroxylation is 1. The first-order valence-electron chi connectivity index (χ1n) is 5.91. The van der Waals surface area contributed by atoms with Gasteiger partial charge in [-0.1, -0.05) is 19.1 Å². The highest BCUT2D eigenvalue weighted by Gasteiger charge is 2.16. The number of rotatable bonds is 4. The minimum Gasteiger partial charge on any atom is -0.497 e. The molecule has 0 saturated heterocycles. The van der Waals surface area contributed by atoms with Crippen molar-refractivity contribution in [3.63, 3.8) is 0 Å². The molecular formula is C14H19N2O+. The molecule has 0 aliphatic rings. The average Bonchev–Trinajstić information content (AvgIpc) is 2.78. The Balaban J connectivity index is 2.28. The van der Waals surface area contributed by atoms with Crippen molar-refractivity contribution in [1.82, 2.24) is 4.57 Å². The van der Waals surface area contributed by atoms with Gasteiger partial charge in [0.2, 0.25) is 6.33 Å². The predicted molar refractivity (Wildman–Crippen MR) is 67.0 cm³/mol. The van der Waals surface area contributed by atoms with Crippen molar-refractivity contribution in [3.8, 4) is 5.75 Å². The zero-order valence-corrected chi connectivity index (χ0v) is 10.6. The summed E-state index contributed by atoms with van der Waals surface area (Å²) in [4.78, 5) is 0. The van der Waals surface area contributed by atoms with Crippen LogP contribution >= 0.6 is 0 Å². The van der Waals surface area contributed by atoms with Crippen molar-refractivity contribution in [3.05, 3.63) is 48.5 Å². The fraction of sp³-hybridized carbons (Fsp3) is 0.357. The summed E-state index contributed by atoms with van der Waals surface area (Å²) in [5.41, 5.74) is 1.31. The van der Waals surface area contributed by atoms with E-state index in [4.69, 9.17) is 4.74 Å². The zero-order chi connectivity index (χ0) is 12.3. The molecule has 2 aromatic rings. The molecule has 1 atom stereocenters. The molecule has 1 heterocycles. The standard InChI is InChI=1S/C14H19N2O/c1-4-14(16-10-9-15(2)11-16)12-5-7-13(17-3)8-6-12/h5-11,14H,4H2,1-3H3/q+1. The lowest BCUT2D eigenvalue weighted by atomic mass is 10.0. The molecule has 17 heavy (non-hydrogen) atoms. The highest BCUT2D eigenvalue weighted by molar-refractivity contribution is 5.29. The summed E-state index contributed by atoms with van der Waals surface area (Å²) in [6, 6.07) is 8.69. The number of benzene rings is 1. The number of hydrogen-bond acceptors (Lipinski definition) is 1. The average molecular weight is 231 g/mol. The normalized spacial score (nSPS) is 12.4. The maximum absolute atomic E-state index is 5.18. The van der Waals surface area contributed by atoms with Crippen molar-refractivity contribution >= 4 is 0 Å². The molecule has 0 saturated carbocycles. The van der Waals surface area contributed by atoms with Crippen LogP contribution in [0.15, 0.2) is 43.0 Å². The van der Waals surface area contributed by atoms with E-state index in [-0.39, 0.29) is 0 Å². The van der Waals surface area contributed by atoms with Gasteiger partial charge in [-0.2, -0.15) is 0 Å². The topological polar surface area (TPSA) is 18.0 Å². The molecule has 0 bridgehead atoms. The molecule has 0 N–H and O–H groups in total. The lowest BCUT2D eigenvalue weighted by Gasteiger charge is -2.12. The van der Waals surface area contributed by atoms with Gasteiger partial charge in [0.15, 0.2) is 0 Å². The summed E-state index contributed by atoms with van der Waals surface area (Å²) in [5.74, 6) is 0.904. The van der Waals surface area contributed by atoms with Gasteiger partial charge < -0.3 is 4.74 Å². The molecule has 0 spiro atoms. The number of nitrogens with zero attached hydrogens (tertiary/aromatic N) is 2. The van der Waals surface area contributed by atoms with Gasteiger partial charge in [0.05, 0.1) is 14.2 Å². The van der Waals surface area contributed by atoms with Gasteiger partial charge in [-0.15, -0.1) is 0 Å². The summed E-state index contributed by atoms with van der Waals surface area (Å²) in [6.07, 6.45) is 7.35. The third-order valence-electron chi connectivity index (χ3n) is 3.04. The van der Waals surface area contributed by atoms with E-state index in [1.54, 1.807) is 7.11 Å². The minimum atomic E-state index is 0.391. The van der Waals surface area contributed by atoms with Gasteiger partial charge in [-0.3, -0.25) is 0 Å². The number of ether oxygens (including phenoxy) is 1. The van der Waals surface area contributed by atoms with Crippen LogP contribution in [0.25, 0.3) is 0 Å². The Morgan fingerprint density at radius 2 is 2.00 bits per heavy atom. The number of aromatic nitrogens is 2. The fourth-order valence-corrected chi connectivity index (χ4v) is 2.10. The second kappa shape index (κ2) is 5.04. The van der Waals surface area contributed by atoms with Crippen molar-refractivity contribution in [2.45, 2.75) is 19.4 Å². The van der Waals surface area contributed by atoms with E-state index in [0.717, 1.165) is 12.2 Å². The van der Waals surface area contributed by atoms with E-state index in [1.165, 1.54) is 5.56 Å². The quantitative estimate of drug-likeness (QED) is 0.738. The summed E-state index contributed by atoms with van der Waals surface area (Å²) in [7, 11) is 3.73. The van der Waals surface area contributed by atoms with Crippen molar-refractivity contribution < 1.29 is 9.30 Å². The molecule has 0 fully saturated rings. The Labute approximate surface area is 102 Å². The minimum absolute atomic E-state index is 0.391. The molecule has 0 amide bonds. The van der Waals surface area contributed by atoms with Gasteiger partial charge in [0.1, 0.15) is 24.2 Å². The van der Waals surface area contributed by atoms with Crippen LogP contribution in [0.2, 0.25) is 0 Å². The lowest BCUT2D eigenvalue weighted by molar-refractivity contribution is -0.671. The predicted octanol–water partition coefficient (Wildman–Crippen LogP) is 2.32. The van der Waals surface area contributed by atoms with E-state index < -0.39 is 0 Å². The highest BCUT2D eigenvalue weighted by atomic mass is 16.5. The fourth-order valence-electron chi connectivity index (χ4n) is 2.10. The molecule has 1 unspecified atom stereocenters. The molecule has 3 nitrogen and oxygen atoms in total. The van der Waals surface area contributed by atoms with E-state index in [1.807, 2.05) is 19.2 Å². The molecule has 90 valence electrons. The van der Waals surface area contributed by atoms with Crippen LogP contribution < -0.4 is 9.30 Å². The molecule has 0 aliphatic heterocycles. The van der Waals surface area contributed by atoms with Crippen LogP contribution in [0, 0.1) is 0 Å². The number of methoxy groups -OCH3 is 1. The highest BCUT2D eigenvalue weighted by Crippen LogP contribution is 2.23. The smallest absolute Gasteiger partial charge is 0.244 e. The second-order valence-corrected chi connectivity index (χ2v) is 4.22. The molecule has 0 radical (unpaired) electrons. The SMILES string of the molecule is CCC(c1ccc(OC)cc1)n1cc[n+](C)c1. The zero-order valence-electron chi connectivity index (χ0n) is 10.6. The number of hydrogen-bond donors (Lipinski definition) is 0. The molecule has 0 aliphatic carbocycles. The monoisotopic (exact) mass is 231 g/mol. The first kappa shape index (κ1) is 11.7. The third kappa shape index (κ3) is 2.49. The molecular weight excluding hydrogens is 212 g/mol. The van der Waals surface area contributed by atoms with Crippen LogP contribution in [0.4, 0.5) is 0 Å². The van der Waals surface area contributed by atoms with Gasteiger partial charge in [0, 0.05) is 0 Å². The van der Waals surface area contributed by atoms with Crippen molar-refractivity contribution in [1.29, 1.82) is 0 Å². The van der Waals surface area contributed by atoms with Gasteiger partial charge in [-0.05, 0) is 24.1 Å². The lowest BCUT2D eigenvalue weighted by Crippen LogP contribution is -2.24. The Kier molecular flexibility index (Phi) is 3.47. The Hall–Kier alpha value is -1.77. The van der Waals surface area contributed by atoms with Gasteiger partial charge in [-0.25, -0.2) is 9.13 Å². The summed E-state index contributed by atoms with van der Waals surface area (Å²) in [5, 5.41) is 0. The van der Waals surface area contributed by atoms with E-state index in [0.29, 0.717) is 6.04 Å². The van der Waals surface area contributed by atoms with Gasteiger partial charge >= 0.3 is 0 Å². The summed E-state index contributed by atoms with van der Waals surface area (Å²) < 4.78 is 9.48. The second-order valence-electron chi connectivity index (χ2n) is 4.22. The Morgan fingerprint density at radius 3 is 2.47 bits per heavy atom. The third-order valence-corrected chi connectivity index (χ3v) is 3.04. The first-order chi connectivity index (χ1) is 8.24. The van der Waals surface area contributed by atoms with E-state index >= 15 is 0 Å². The summed E-state index contributed by atoms with van der Waals surface area (Å²) in [6.45, 7) is 2.20. The molecule has 2 rings (SSSR count). The van der Waals surface area contributed by atoms with E-state index in [9.17, 15) is 0 Å². The Bertz CT molecular complexity index is 473. The maximum atomic E-state index is 5.18. The van der Waals surface area contributed by atoms with Crippen LogP contribution in [-0.4, -0.2) is 11.7 Å². The summed E-state index contributed by atoms with van der Waals surface area (Å²) >= 11 is 0. The van der Waals surface area contributed by atoms with Crippen molar-refractivity contribution in [2.24, 2.45) is 7.05 Å². The van der Waals surface area contributed by atoms with Crippen LogP contribution in [0.3, 0.4) is 0 Å². The molecule has 3 heteroatoms. The van der Waals surface area contributed by atoms with Crippen LogP contribution in [-0.2, 0) is 7.05 Å². The largest absolute Gasteiger partial charge is 0.497 e.